The number of aromatic nitrogens is 3. The fourth-order valence-electron chi connectivity index (χ4n) is 3.01. The van der Waals surface area contributed by atoms with Gasteiger partial charge in [0.25, 0.3) is 0 Å². The summed E-state index contributed by atoms with van der Waals surface area (Å²) in [4.78, 5) is 13.4. The van der Waals surface area contributed by atoms with Crippen LogP contribution >= 0.6 is 0 Å². The summed E-state index contributed by atoms with van der Waals surface area (Å²) in [5, 5.41) is 0. The van der Waals surface area contributed by atoms with Crippen LogP contribution in [0.3, 0.4) is 0 Å². The highest BCUT2D eigenvalue weighted by molar-refractivity contribution is 5.52. The van der Waals surface area contributed by atoms with E-state index in [-0.39, 0.29) is 0 Å². The van der Waals surface area contributed by atoms with Gasteiger partial charge in [0.1, 0.15) is 5.69 Å². The number of unbranched alkanes of at least 4 members (excludes halogenated alkanes) is 6. The van der Waals surface area contributed by atoms with E-state index in [1.54, 1.807) is 12.4 Å². The van der Waals surface area contributed by atoms with Gasteiger partial charge < -0.3 is 9.47 Å². The first kappa shape index (κ1) is 23.3. The number of rotatable bonds is 16. The highest BCUT2D eigenvalue weighted by Crippen LogP contribution is 2.17. The number of ether oxygens (including phenoxy) is 2. The van der Waals surface area contributed by atoms with Crippen LogP contribution in [0.2, 0.25) is 0 Å². The first-order valence-electron chi connectivity index (χ1n) is 11.3. The zero-order valence-electron chi connectivity index (χ0n) is 18.2. The third-order valence-corrected chi connectivity index (χ3v) is 4.86. The predicted octanol–water partition coefficient (Wildman–Crippen LogP) is 6.03. The summed E-state index contributed by atoms with van der Waals surface area (Å²) in [6.07, 6.45) is 17.2. The molecule has 0 spiro atoms. The maximum atomic E-state index is 5.67. The fourth-order valence-corrected chi connectivity index (χ4v) is 3.01. The maximum Gasteiger partial charge on any atom is 0.232 e. The minimum atomic E-state index is 0.560. The smallest absolute Gasteiger partial charge is 0.232 e. The third kappa shape index (κ3) is 9.84. The van der Waals surface area contributed by atoms with Crippen molar-refractivity contribution >= 4 is 0 Å². The summed E-state index contributed by atoms with van der Waals surface area (Å²) >= 11 is 0. The molecule has 0 aliphatic carbocycles. The lowest BCUT2D eigenvalue weighted by molar-refractivity contribution is 0.123. The molecule has 29 heavy (non-hydrogen) atoms. The molecule has 0 saturated carbocycles. The molecule has 0 radical (unpaired) electrons. The van der Waals surface area contributed by atoms with E-state index in [4.69, 9.17) is 9.47 Å². The molecule has 5 heteroatoms. The highest BCUT2D eigenvalue weighted by atomic mass is 16.5. The second kappa shape index (κ2) is 14.9. The molecule has 2 aromatic heterocycles. The molecule has 0 aromatic carbocycles. The minimum absolute atomic E-state index is 0.560. The number of aryl methyl sites for hydroxylation is 1. The van der Waals surface area contributed by atoms with E-state index >= 15 is 0 Å². The molecular formula is C24H37N3O2. The van der Waals surface area contributed by atoms with E-state index in [9.17, 15) is 0 Å². The van der Waals surface area contributed by atoms with Gasteiger partial charge in [0.05, 0.1) is 24.7 Å². The molecule has 0 fully saturated rings. The largest absolute Gasteiger partial charge is 0.477 e. The van der Waals surface area contributed by atoms with Gasteiger partial charge in [-0.3, -0.25) is 4.98 Å². The minimum Gasteiger partial charge on any atom is -0.477 e. The predicted molar refractivity (Wildman–Crippen MR) is 118 cm³/mol. The quantitative estimate of drug-likeness (QED) is 0.323. The standard InChI is InChI=1S/C24H37N3O2/c1-3-5-7-8-9-12-21-13-14-22(25-18-21)23-19-27-24(20-26-23)29-17-11-10-16-28-15-6-4-2/h13-14,18-20H,3-12,15-17H2,1-2H3. The molecule has 2 heterocycles. The molecule has 2 aromatic rings. The van der Waals surface area contributed by atoms with Crippen LogP contribution in [0.15, 0.2) is 30.7 Å². The average Bonchev–Trinajstić information content (AvgIpc) is 2.76. The average molecular weight is 400 g/mol. The van der Waals surface area contributed by atoms with Crippen molar-refractivity contribution in [1.29, 1.82) is 0 Å². The van der Waals surface area contributed by atoms with Crippen LogP contribution in [0.1, 0.15) is 77.2 Å². The van der Waals surface area contributed by atoms with Gasteiger partial charge in [0.15, 0.2) is 0 Å². The van der Waals surface area contributed by atoms with Gasteiger partial charge >= 0.3 is 0 Å². The Morgan fingerprint density at radius 1 is 0.655 bits per heavy atom. The lowest BCUT2D eigenvalue weighted by atomic mass is 10.1. The van der Waals surface area contributed by atoms with Crippen LogP contribution in [0.5, 0.6) is 5.88 Å². The number of hydrogen-bond donors (Lipinski definition) is 0. The molecular weight excluding hydrogens is 362 g/mol. The van der Waals surface area contributed by atoms with Gasteiger partial charge in [0.2, 0.25) is 5.88 Å². The molecule has 0 aliphatic rings. The van der Waals surface area contributed by atoms with Gasteiger partial charge in [-0.1, -0.05) is 52.0 Å². The monoisotopic (exact) mass is 399 g/mol. The molecule has 5 nitrogen and oxygen atoms in total. The van der Waals surface area contributed by atoms with Crippen LogP contribution in [0, 0.1) is 0 Å². The normalized spacial score (nSPS) is 11.0. The van der Waals surface area contributed by atoms with Crippen molar-refractivity contribution in [2.45, 2.75) is 78.1 Å². The Morgan fingerprint density at radius 3 is 2.14 bits per heavy atom. The van der Waals surface area contributed by atoms with Crippen LogP contribution < -0.4 is 4.74 Å². The van der Waals surface area contributed by atoms with E-state index in [1.165, 1.54) is 44.1 Å². The summed E-state index contributed by atoms with van der Waals surface area (Å²) < 4.78 is 11.2. The Bertz CT molecular complexity index is 644. The third-order valence-electron chi connectivity index (χ3n) is 4.86. The van der Waals surface area contributed by atoms with Crippen molar-refractivity contribution < 1.29 is 9.47 Å². The van der Waals surface area contributed by atoms with Gasteiger partial charge in [-0.25, -0.2) is 9.97 Å². The van der Waals surface area contributed by atoms with E-state index in [2.05, 4.69) is 34.9 Å². The molecule has 2 rings (SSSR count). The number of pyridine rings is 1. The van der Waals surface area contributed by atoms with Gasteiger partial charge in [-0.2, -0.15) is 0 Å². The van der Waals surface area contributed by atoms with Crippen LogP contribution in [0.4, 0.5) is 0 Å². The highest BCUT2D eigenvalue weighted by Gasteiger charge is 2.04. The van der Waals surface area contributed by atoms with Gasteiger partial charge in [0, 0.05) is 19.4 Å². The summed E-state index contributed by atoms with van der Waals surface area (Å²) in [5.74, 6) is 0.560. The van der Waals surface area contributed by atoms with Crippen molar-refractivity contribution in [1.82, 2.24) is 15.0 Å². The molecule has 0 amide bonds. The van der Waals surface area contributed by atoms with Crippen LogP contribution in [-0.2, 0) is 11.2 Å². The summed E-state index contributed by atoms with van der Waals surface area (Å²) in [6.45, 7) is 6.71. The molecule has 0 saturated heterocycles. The summed E-state index contributed by atoms with van der Waals surface area (Å²) in [7, 11) is 0. The van der Waals surface area contributed by atoms with Crippen LogP contribution in [0.25, 0.3) is 11.4 Å². The lowest BCUT2D eigenvalue weighted by Crippen LogP contribution is -2.03. The second-order valence-corrected chi connectivity index (χ2v) is 7.48. The number of nitrogens with zero attached hydrogens (tertiary/aromatic N) is 3. The first-order valence-corrected chi connectivity index (χ1v) is 11.3. The Balaban J connectivity index is 1.67. The molecule has 0 atom stereocenters. The lowest BCUT2D eigenvalue weighted by Gasteiger charge is -2.07. The molecule has 160 valence electrons. The van der Waals surface area contributed by atoms with Crippen molar-refractivity contribution in [3.05, 3.63) is 36.3 Å². The van der Waals surface area contributed by atoms with E-state index < -0.39 is 0 Å². The van der Waals surface area contributed by atoms with Gasteiger partial charge in [-0.15, -0.1) is 0 Å². The zero-order chi connectivity index (χ0) is 20.6. The van der Waals surface area contributed by atoms with Crippen molar-refractivity contribution in [3.8, 4) is 17.3 Å². The fraction of sp³-hybridized carbons (Fsp3) is 0.625. The molecule has 0 aliphatic heterocycles. The first-order chi connectivity index (χ1) is 14.3. The zero-order valence-corrected chi connectivity index (χ0v) is 18.2. The Hall–Kier alpha value is -2.01. The topological polar surface area (TPSA) is 57.1 Å². The van der Waals surface area contributed by atoms with Crippen molar-refractivity contribution in [2.75, 3.05) is 19.8 Å². The van der Waals surface area contributed by atoms with E-state index in [1.807, 2.05) is 12.3 Å². The van der Waals surface area contributed by atoms with Gasteiger partial charge in [-0.05, 0) is 43.7 Å². The molecule has 0 unspecified atom stereocenters. The SMILES string of the molecule is CCCCCCCc1ccc(-c2cnc(OCCCCOCCCC)cn2)nc1. The Kier molecular flexibility index (Phi) is 12.0. The number of hydrogen-bond acceptors (Lipinski definition) is 5. The van der Waals surface area contributed by atoms with Crippen molar-refractivity contribution in [2.24, 2.45) is 0 Å². The molecule has 0 N–H and O–H groups in total. The Morgan fingerprint density at radius 2 is 1.41 bits per heavy atom. The Labute approximate surface area is 176 Å². The second-order valence-electron chi connectivity index (χ2n) is 7.48. The van der Waals surface area contributed by atoms with E-state index in [0.717, 1.165) is 50.3 Å². The van der Waals surface area contributed by atoms with E-state index in [0.29, 0.717) is 12.5 Å². The molecule has 0 bridgehead atoms. The maximum absolute atomic E-state index is 5.67. The summed E-state index contributed by atoms with van der Waals surface area (Å²) in [5.41, 5.74) is 2.91. The van der Waals surface area contributed by atoms with Crippen LogP contribution in [-0.4, -0.2) is 34.8 Å². The summed E-state index contributed by atoms with van der Waals surface area (Å²) in [6, 6.07) is 4.18. The van der Waals surface area contributed by atoms with Crippen molar-refractivity contribution in [3.63, 3.8) is 0 Å².